The van der Waals surface area contributed by atoms with E-state index in [2.05, 4.69) is 83.3 Å². The van der Waals surface area contributed by atoms with Gasteiger partial charge in [-0.1, -0.05) is 115 Å². The summed E-state index contributed by atoms with van der Waals surface area (Å²) in [4.78, 5) is 2.87. The molecule has 9 heteroatoms. The van der Waals surface area contributed by atoms with Crippen LogP contribution in [0.2, 0.25) is 0 Å². The predicted molar refractivity (Wildman–Crippen MR) is 197 cm³/mol. The van der Waals surface area contributed by atoms with E-state index >= 15 is 0 Å². The molecule has 4 aromatic rings. The zero-order valence-electron chi connectivity index (χ0n) is 28.1. The second-order valence-electron chi connectivity index (χ2n) is 12.1. The fraction of sp³-hybridized carbons (Fsp3) is 0.400. The average Bonchev–Trinajstić information content (AvgIpc) is 3.15. The first-order chi connectivity index (χ1) is 24.2. The topological polar surface area (TPSA) is 94.9 Å². The predicted octanol–water partition coefficient (Wildman–Crippen LogP) is 9.43. The van der Waals surface area contributed by atoms with E-state index in [1.165, 1.54) is 10.8 Å². The third-order valence-corrected chi connectivity index (χ3v) is 9.68. The van der Waals surface area contributed by atoms with Gasteiger partial charge in [-0.2, -0.15) is 0 Å². The van der Waals surface area contributed by atoms with Gasteiger partial charge in [0.25, 0.3) is 0 Å². The van der Waals surface area contributed by atoms with Gasteiger partial charge in [0.1, 0.15) is 23.7 Å². The summed E-state index contributed by atoms with van der Waals surface area (Å²) in [6, 6.07) is 35.1. The highest BCUT2D eigenvalue weighted by Gasteiger charge is 2.48. The molecule has 1 heterocycles. The lowest BCUT2D eigenvalue weighted by Gasteiger charge is -2.46. The Morgan fingerprint density at radius 2 is 1.43 bits per heavy atom. The largest absolute Gasteiger partial charge is 0.377 e. The Kier molecular flexibility index (Phi) is 15.5. The van der Waals surface area contributed by atoms with E-state index in [0.717, 1.165) is 41.7 Å². The molecule has 5 atom stereocenters. The maximum Gasteiger partial charge on any atom is 0.132 e. The van der Waals surface area contributed by atoms with Gasteiger partial charge >= 0.3 is 0 Å². The molecule has 0 amide bonds. The van der Waals surface area contributed by atoms with Crippen LogP contribution >= 0.6 is 11.8 Å². The maximum absolute atomic E-state index is 8.61. The van der Waals surface area contributed by atoms with Gasteiger partial charge in [-0.05, 0) is 64.1 Å². The van der Waals surface area contributed by atoms with Crippen molar-refractivity contribution in [2.75, 3.05) is 25.5 Å². The molecule has 1 fully saturated rings. The van der Waals surface area contributed by atoms with Gasteiger partial charge in [0.2, 0.25) is 0 Å². The van der Waals surface area contributed by atoms with Crippen molar-refractivity contribution in [2.24, 2.45) is 5.11 Å². The molecule has 1 aliphatic heterocycles. The van der Waals surface area contributed by atoms with Crippen LogP contribution in [0.5, 0.6) is 0 Å². The first-order valence-corrected chi connectivity index (χ1v) is 18.2. The van der Waals surface area contributed by atoms with Crippen LogP contribution < -0.4 is 0 Å². The first-order valence-electron chi connectivity index (χ1n) is 17.1. The number of benzene rings is 4. The van der Waals surface area contributed by atoms with Gasteiger partial charge < -0.3 is 23.7 Å². The summed E-state index contributed by atoms with van der Waals surface area (Å²) in [5.41, 5.74) is 11.6. The van der Waals surface area contributed by atoms with Crippen molar-refractivity contribution in [3.8, 4) is 0 Å². The maximum atomic E-state index is 8.61. The highest BCUT2D eigenvalue weighted by atomic mass is 32.2. The Labute approximate surface area is 294 Å². The number of thioether (sulfide) groups is 1. The highest BCUT2D eigenvalue weighted by Crippen LogP contribution is 2.36. The van der Waals surface area contributed by atoms with Crippen LogP contribution in [0.1, 0.15) is 42.4 Å². The molecular weight excluding hydrogens is 635 g/mol. The minimum Gasteiger partial charge on any atom is -0.377 e. The third-order valence-electron chi connectivity index (χ3n) is 8.45. The molecule has 0 aromatic heterocycles. The van der Waals surface area contributed by atoms with Crippen LogP contribution in [-0.2, 0) is 43.5 Å². The quantitative estimate of drug-likeness (QED) is 0.0286. The Morgan fingerprint density at radius 3 is 2.18 bits per heavy atom. The SMILES string of the molecule is C=CCO[C@H]1[C@H](OCc2ccccc2)[C@@H](CCOCc2ccccc2)O[C@@H](SCCCCCN=[N+]=[N-])[C@H]1OCc1ccc2ccccc2c1. The van der Waals surface area contributed by atoms with E-state index < -0.39 is 18.3 Å². The number of azide groups is 1. The molecule has 0 radical (unpaired) electrons. The number of hydrogen-bond acceptors (Lipinski definition) is 7. The summed E-state index contributed by atoms with van der Waals surface area (Å²) in [5, 5.41) is 6.04. The second kappa shape index (κ2) is 20.8. The van der Waals surface area contributed by atoms with Gasteiger partial charge in [-0.15, -0.1) is 18.3 Å². The minimum absolute atomic E-state index is 0.280. The van der Waals surface area contributed by atoms with Gasteiger partial charge in [-0.3, -0.25) is 0 Å². The van der Waals surface area contributed by atoms with Crippen LogP contribution in [0.3, 0.4) is 0 Å². The lowest BCUT2D eigenvalue weighted by atomic mass is 9.96. The Balaban J connectivity index is 1.35. The van der Waals surface area contributed by atoms with Crippen molar-refractivity contribution in [3.63, 3.8) is 0 Å². The van der Waals surface area contributed by atoms with E-state index in [-0.39, 0.29) is 11.5 Å². The van der Waals surface area contributed by atoms with E-state index in [4.69, 9.17) is 29.2 Å². The van der Waals surface area contributed by atoms with Crippen molar-refractivity contribution >= 4 is 22.5 Å². The summed E-state index contributed by atoms with van der Waals surface area (Å²) in [7, 11) is 0. The molecule has 0 unspecified atom stereocenters. The van der Waals surface area contributed by atoms with Crippen molar-refractivity contribution < 1.29 is 23.7 Å². The summed E-state index contributed by atoms with van der Waals surface area (Å²) in [6.45, 7) is 6.69. The fourth-order valence-electron chi connectivity index (χ4n) is 5.95. The fourth-order valence-corrected chi connectivity index (χ4v) is 7.20. The van der Waals surface area contributed by atoms with Crippen LogP contribution in [-0.4, -0.2) is 55.4 Å². The lowest BCUT2D eigenvalue weighted by molar-refractivity contribution is -0.244. The zero-order chi connectivity index (χ0) is 33.9. The summed E-state index contributed by atoms with van der Waals surface area (Å²) < 4.78 is 33.1. The molecular formula is C40H47N3O5S. The molecule has 0 spiro atoms. The summed E-state index contributed by atoms with van der Waals surface area (Å²) in [6.07, 6.45) is 3.73. The standard InChI is InChI=1S/C40H47N3O5S/c1-2-24-45-38-37(46-29-32-16-8-4-9-17-32)36(22-25-44-28-31-14-6-3-7-15-31)48-40(49-26-13-5-12-23-42-43-41)39(38)47-30-33-20-21-34-18-10-11-19-35(34)27-33/h2-4,6-11,14-21,27,36-40H,1,5,12-13,22-26,28-30H2/t36-,37-,38+,39+,40+/m1/s1. The van der Waals surface area contributed by atoms with Crippen LogP contribution in [0, 0.1) is 0 Å². The number of unbranched alkanes of at least 4 members (excludes halogenated alkanes) is 2. The van der Waals surface area contributed by atoms with E-state index in [0.29, 0.717) is 46.0 Å². The number of nitrogens with zero attached hydrogens (tertiary/aromatic N) is 3. The molecule has 49 heavy (non-hydrogen) atoms. The Hall–Kier alpha value is -3.66. The number of rotatable bonds is 21. The molecule has 0 bridgehead atoms. The molecule has 5 rings (SSSR count). The molecule has 258 valence electrons. The highest BCUT2D eigenvalue weighted by molar-refractivity contribution is 7.99. The molecule has 0 aliphatic carbocycles. The van der Waals surface area contributed by atoms with Crippen molar-refractivity contribution in [3.05, 3.63) is 143 Å². The lowest BCUT2D eigenvalue weighted by Crippen LogP contribution is -2.59. The van der Waals surface area contributed by atoms with Crippen LogP contribution in [0.25, 0.3) is 21.2 Å². The molecule has 1 aliphatic rings. The van der Waals surface area contributed by atoms with E-state index in [1.807, 2.05) is 36.4 Å². The molecule has 8 nitrogen and oxygen atoms in total. The molecule has 0 N–H and O–H groups in total. The number of fused-ring (bicyclic) bond motifs is 1. The smallest absolute Gasteiger partial charge is 0.132 e. The Bertz CT molecular complexity index is 1590. The zero-order valence-corrected chi connectivity index (χ0v) is 28.9. The first kappa shape index (κ1) is 36.6. The molecule has 4 aromatic carbocycles. The van der Waals surface area contributed by atoms with Gasteiger partial charge in [0.15, 0.2) is 0 Å². The van der Waals surface area contributed by atoms with E-state index in [1.54, 1.807) is 17.8 Å². The third kappa shape index (κ3) is 11.7. The van der Waals surface area contributed by atoms with Crippen LogP contribution in [0.4, 0.5) is 0 Å². The number of ether oxygens (including phenoxy) is 5. The van der Waals surface area contributed by atoms with Crippen molar-refractivity contribution in [2.45, 2.75) is 75.4 Å². The minimum atomic E-state index is -0.405. The second-order valence-corrected chi connectivity index (χ2v) is 13.3. The number of hydrogen-bond donors (Lipinski definition) is 0. The molecule has 1 saturated heterocycles. The van der Waals surface area contributed by atoms with Crippen molar-refractivity contribution in [1.29, 1.82) is 0 Å². The average molecular weight is 682 g/mol. The van der Waals surface area contributed by atoms with E-state index in [9.17, 15) is 0 Å². The van der Waals surface area contributed by atoms with Crippen LogP contribution in [0.15, 0.2) is 121 Å². The normalized spacial score (nSPS) is 20.5. The van der Waals surface area contributed by atoms with Crippen molar-refractivity contribution in [1.82, 2.24) is 0 Å². The Morgan fingerprint density at radius 1 is 0.735 bits per heavy atom. The molecule has 0 saturated carbocycles. The van der Waals surface area contributed by atoms with Gasteiger partial charge in [-0.25, -0.2) is 0 Å². The van der Waals surface area contributed by atoms with Gasteiger partial charge in [0, 0.05) is 18.1 Å². The summed E-state index contributed by atoms with van der Waals surface area (Å²) in [5.74, 6) is 0.873. The van der Waals surface area contributed by atoms with Gasteiger partial charge in [0.05, 0.1) is 32.5 Å². The summed E-state index contributed by atoms with van der Waals surface area (Å²) >= 11 is 1.75. The monoisotopic (exact) mass is 681 g/mol.